The van der Waals surface area contributed by atoms with E-state index in [0.717, 1.165) is 57.1 Å². The number of halogens is 3. The van der Waals surface area contributed by atoms with E-state index in [-0.39, 0.29) is 17.2 Å². The van der Waals surface area contributed by atoms with E-state index in [2.05, 4.69) is 36.1 Å². The van der Waals surface area contributed by atoms with Gasteiger partial charge in [0.05, 0.1) is 29.6 Å². The molecule has 2 heterocycles. The Bertz CT molecular complexity index is 1700. The SMILES string of the molecule is CNC(=O)c1cccc(C)c1Nc1nc(Nc2ccc(NC3CCN(C4C5CC6CC4CC(O)(C6)C5)CC3)cc2OC)ncc1C(F)(F)F. The Labute approximate surface area is 284 Å². The fourth-order valence-corrected chi connectivity index (χ4v) is 9.15. The average molecular weight is 680 g/mol. The van der Waals surface area contributed by atoms with Crippen molar-refractivity contribution in [3.05, 3.63) is 59.3 Å². The number of piperidine rings is 1. The van der Waals surface area contributed by atoms with Crippen molar-refractivity contribution in [2.75, 3.05) is 43.2 Å². The Morgan fingerprint density at radius 2 is 1.80 bits per heavy atom. The molecular weight excluding hydrogens is 635 g/mol. The van der Waals surface area contributed by atoms with E-state index < -0.39 is 29.1 Å². The minimum absolute atomic E-state index is 0.0751. The number of methoxy groups -OCH3 is 1. The smallest absolute Gasteiger partial charge is 0.421 e. The van der Waals surface area contributed by atoms with Crippen LogP contribution in [0.25, 0.3) is 0 Å². The number of alkyl halides is 3. The van der Waals surface area contributed by atoms with E-state index in [1.54, 1.807) is 25.1 Å². The minimum Gasteiger partial charge on any atom is -0.494 e. The molecule has 2 atom stereocenters. The molecule has 1 aliphatic heterocycles. The summed E-state index contributed by atoms with van der Waals surface area (Å²) in [7, 11) is 2.99. The monoisotopic (exact) mass is 679 g/mol. The highest BCUT2D eigenvalue weighted by atomic mass is 19.4. The van der Waals surface area contributed by atoms with Crippen LogP contribution < -0.4 is 26.0 Å². The fourth-order valence-electron chi connectivity index (χ4n) is 9.15. The number of likely N-dealkylation sites (tertiary alicyclic amines) is 1. The van der Waals surface area contributed by atoms with Crippen LogP contribution >= 0.6 is 0 Å². The lowest BCUT2D eigenvalue weighted by atomic mass is 9.52. The van der Waals surface area contributed by atoms with Crippen molar-refractivity contribution >= 4 is 34.7 Å². The van der Waals surface area contributed by atoms with Crippen molar-refractivity contribution in [3.8, 4) is 5.75 Å². The zero-order valence-electron chi connectivity index (χ0n) is 28.0. The molecule has 2 unspecified atom stereocenters. The summed E-state index contributed by atoms with van der Waals surface area (Å²) >= 11 is 0. The van der Waals surface area contributed by atoms with Crippen molar-refractivity contribution in [1.29, 1.82) is 0 Å². The molecule has 4 aliphatic carbocycles. The number of nitrogens with zero attached hydrogens (tertiary/aromatic N) is 3. The lowest BCUT2D eigenvalue weighted by Gasteiger charge is -2.61. The first-order valence-corrected chi connectivity index (χ1v) is 17.1. The van der Waals surface area contributed by atoms with Gasteiger partial charge in [0, 0.05) is 50.2 Å². The van der Waals surface area contributed by atoms with Gasteiger partial charge >= 0.3 is 6.18 Å². The van der Waals surface area contributed by atoms with Gasteiger partial charge in [-0.15, -0.1) is 0 Å². The quantitative estimate of drug-likeness (QED) is 0.173. The molecule has 1 amide bonds. The van der Waals surface area contributed by atoms with Gasteiger partial charge in [0.15, 0.2) is 0 Å². The number of aryl methyl sites for hydroxylation is 1. The zero-order valence-corrected chi connectivity index (χ0v) is 28.0. The van der Waals surface area contributed by atoms with Crippen molar-refractivity contribution in [2.24, 2.45) is 17.8 Å². The van der Waals surface area contributed by atoms with E-state index in [0.29, 0.717) is 46.8 Å². The molecule has 1 saturated heterocycles. The second-order valence-electron chi connectivity index (χ2n) is 14.3. The van der Waals surface area contributed by atoms with E-state index in [4.69, 9.17) is 4.74 Å². The number of amides is 1. The Morgan fingerprint density at radius 1 is 1.06 bits per heavy atom. The summed E-state index contributed by atoms with van der Waals surface area (Å²) in [4.78, 5) is 23.3. The molecule has 13 heteroatoms. The Morgan fingerprint density at radius 3 is 2.45 bits per heavy atom. The van der Waals surface area contributed by atoms with Gasteiger partial charge < -0.3 is 31.1 Å². The van der Waals surface area contributed by atoms with Crippen molar-refractivity contribution in [2.45, 2.75) is 75.7 Å². The molecule has 4 bridgehead atoms. The van der Waals surface area contributed by atoms with Gasteiger partial charge in [0.2, 0.25) is 5.95 Å². The number of anilines is 5. The van der Waals surface area contributed by atoms with Crippen LogP contribution in [0.3, 0.4) is 0 Å². The molecule has 2 aromatic carbocycles. The second kappa shape index (κ2) is 13.0. The largest absolute Gasteiger partial charge is 0.494 e. The molecule has 8 rings (SSSR count). The maximum Gasteiger partial charge on any atom is 0.421 e. The van der Waals surface area contributed by atoms with E-state index in [1.807, 2.05) is 12.1 Å². The highest BCUT2D eigenvalue weighted by molar-refractivity contribution is 6.00. The molecule has 4 saturated carbocycles. The summed E-state index contributed by atoms with van der Waals surface area (Å²) in [5, 5.41) is 22.9. The Hall–Kier alpha value is -4.10. The number of aromatic nitrogens is 2. The second-order valence-corrected chi connectivity index (χ2v) is 14.3. The van der Waals surface area contributed by atoms with Crippen LogP contribution in [0.5, 0.6) is 5.75 Å². The number of ether oxygens (including phenoxy) is 1. The number of carbonyl (C=O) groups excluding carboxylic acids is 1. The predicted molar refractivity (Wildman–Crippen MR) is 182 cm³/mol. The molecule has 5 N–H and O–H groups in total. The standard InChI is InChI=1S/C36H44F3N7O3/c1-20-5-4-6-26(33(47)40-2)30(20)44-32-27(36(37,38)39)19-41-34(45-32)43-28-8-7-25(15-29(28)49-3)42-24-9-11-46(12-10-24)31-22-13-21-14-23(31)18-35(48,16-21)17-22/h4-8,15,19,21-24,31,42,48H,9-14,16-18H2,1-3H3,(H,40,47)(H2,41,43,44,45). The molecule has 0 spiro atoms. The molecule has 0 radical (unpaired) electrons. The summed E-state index contributed by atoms with van der Waals surface area (Å²) in [6.07, 6.45) is 3.47. The molecule has 5 fully saturated rings. The Kier molecular flexibility index (Phi) is 8.85. The number of nitrogens with one attached hydrogen (secondary N) is 4. The molecule has 49 heavy (non-hydrogen) atoms. The third kappa shape index (κ3) is 6.74. The molecule has 10 nitrogen and oxygen atoms in total. The minimum atomic E-state index is -4.74. The summed E-state index contributed by atoms with van der Waals surface area (Å²) in [6.45, 7) is 3.76. The summed E-state index contributed by atoms with van der Waals surface area (Å²) in [5.74, 6) is 1.41. The summed E-state index contributed by atoms with van der Waals surface area (Å²) in [6, 6.07) is 11.3. The van der Waals surface area contributed by atoms with Gasteiger partial charge in [0.25, 0.3) is 5.91 Å². The lowest BCUT2D eigenvalue weighted by molar-refractivity contribution is -0.161. The van der Waals surface area contributed by atoms with Gasteiger partial charge in [-0.05, 0) is 93.4 Å². The highest BCUT2D eigenvalue weighted by Crippen LogP contribution is 2.57. The van der Waals surface area contributed by atoms with Gasteiger partial charge in [-0.25, -0.2) is 4.98 Å². The van der Waals surface area contributed by atoms with Gasteiger partial charge in [0.1, 0.15) is 17.1 Å². The van der Waals surface area contributed by atoms with Crippen molar-refractivity contribution < 1.29 is 27.8 Å². The van der Waals surface area contributed by atoms with Crippen LogP contribution in [-0.2, 0) is 6.18 Å². The number of benzene rings is 2. The first-order chi connectivity index (χ1) is 23.4. The first-order valence-electron chi connectivity index (χ1n) is 17.1. The number of aliphatic hydroxyl groups is 1. The van der Waals surface area contributed by atoms with Crippen LogP contribution in [0.4, 0.5) is 42.0 Å². The predicted octanol–water partition coefficient (Wildman–Crippen LogP) is 6.48. The van der Waals surface area contributed by atoms with E-state index in [9.17, 15) is 23.1 Å². The van der Waals surface area contributed by atoms with Crippen molar-refractivity contribution in [1.82, 2.24) is 20.2 Å². The number of carbonyl (C=O) groups is 1. The number of hydrogen-bond acceptors (Lipinski definition) is 9. The van der Waals surface area contributed by atoms with Crippen LogP contribution in [0.15, 0.2) is 42.6 Å². The molecule has 3 aromatic rings. The third-order valence-electron chi connectivity index (χ3n) is 11.0. The van der Waals surface area contributed by atoms with Crippen molar-refractivity contribution in [3.63, 3.8) is 0 Å². The van der Waals surface area contributed by atoms with Gasteiger partial charge in [-0.1, -0.05) is 12.1 Å². The van der Waals surface area contributed by atoms with Gasteiger partial charge in [-0.3, -0.25) is 9.69 Å². The summed E-state index contributed by atoms with van der Waals surface area (Å²) < 4.78 is 47.7. The van der Waals surface area contributed by atoms with E-state index in [1.165, 1.54) is 33.1 Å². The molecule has 262 valence electrons. The number of rotatable bonds is 9. The number of para-hydroxylation sites is 1. The third-order valence-corrected chi connectivity index (χ3v) is 11.0. The normalized spacial score (nSPS) is 26.8. The summed E-state index contributed by atoms with van der Waals surface area (Å²) in [5.41, 5.74) is 0.865. The molecule has 5 aliphatic rings. The molecule has 1 aromatic heterocycles. The lowest BCUT2D eigenvalue weighted by Crippen LogP contribution is -2.62. The molecular formula is C36H44F3N7O3. The number of hydrogen-bond donors (Lipinski definition) is 5. The maximum absolute atomic E-state index is 14.0. The highest BCUT2D eigenvalue weighted by Gasteiger charge is 2.56. The van der Waals surface area contributed by atoms with Crippen LogP contribution in [-0.4, -0.2) is 70.8 Å². The zero-order chi connectivity index (χ0) is 34.5. The van der Waals surface area contributed by atoms with E-state index >= 15 is 0 Å². The average Bonchev–Trinajstić information content (AvgIpc) is 3.05. The van der Waals surface area contributed by atoms with Gasteiger partial charge in [-0.2, -0.15) is 18.2 Å². The maximum atomic E-state index is 14.0. The topological polar surface area (TPSA) is 124 Å². The van der Waals surface area contributed by atoms with Crippen LogP contribution in [0.1, 0.15) is 66.4 Å². The fraction of sp³-hybridized carbons (Fsp3) is 0.528. The van der Waals surface area contributed by atoms with Crippen LogP contribution in [0, 0.1) is 24.7 Å². The Balaban J connectivity index is 1.03. The van der Waals surface area contributed by atoms with Crippen LogP contribution in [0.2, 0.25) is 0 Å². The first kappa shape index (κ1) is 33.4.